The van der Waals surface area contributed by atoms with E-state index in [0.717, 1.165) is 42.9 Å². The number of hydrogen-bond acceptors (Lipinski definition) is 4. The minimum atomic E-state index is -0.140. The molecule has 4 heterocycles. The van der Waals surface area contributed by atoms with Gasteiger partial charge in [0.1, 0.15) is 5.82 Å². The number of rotatable bonds is 2. The summed E-state index contributed by atoms with van der Waals surface area (Å²) in [7, 11) is 0. The van der Waals surface area contributed by atoms with Crippen LogP contribution in [0, 0.1) is 5.92 Å². The molecule has 2 aliphatic heterocycles. The van der Waals surface area contributed by atoms with E-state index < -0.39 is 0 Å². The van der Waals surface area contributed by atoms with Crippen molar-refractivity contribution in [1.29, 1.82) is 0 Å². The zero-order chi connectivity index (χ0) is 18.4. The summed E-state index contributed by atoms with van der Waals surface area (Å²) in [6, 6.07) is 15.5. The molecule has 1 fully saturated rings. The summed E-state index contributed by atoms with van der Waals surface area (Å²) in [6.45, 7) is 2.31. The molecular weight excluding hydrogens is 340 g/mol. The van der Waals surface area contributed by atoms with Crippen molar-refractivity contribution >= 4 is 5.82 Å². The second-order valence-electron chi connectivity index (χ2n) is 7.46. The van der Waals surface area contributed by atoms with Gasteiger partial charge in [-0.3, -0.25) is 9.59 Å². The van der Waals surface area contributed by atoms with Crippen molar-refractivity contribution in [2.45, 2.75) is 18.9 Å². The molecule has 0 unspecified atom stereocenters. The molecule has 136 valence electrons. The number of aromatic amines is 1. The van der Waals surface area contributed by atoms with E-state index in [0.29, 0.717) is 11.7 Å². The Kier molecular flexibility index (Phi) is 3.70. The number of fused-ring (bicyclic) bond motifs is 4. The largest absolute Gasteiger partial charge is 0.355 e. The average Bonchev–Trinajstić information content (AvgIpc) is 2.69. The number of H-pyrrole nitrogens is 1. The summed E-state index contributed by atoms with van der Waals surface area (Å²) in [4.78, 5) is 33.5. The maximum Gasteiger partial charge on any atom is 0.252 e. The topological polar surface area (TPSA) is 71.0 Å². The van der Waals surface area contributed by atoms with Crippen molar-refractivity contribution in [3.63, 3.8) is 0 Å². The predicted molar refractivity (Wildman–Crippen MR) is 104 cm³/mol. The van der Waals surface area contributed by atoms with Gasteiger partial charge in [-0.1, -0.05) is 30.3 Å². The monoisotopic (exact) mass is 360 g/mol. The number of nitrogens with zero attached hydrogens (tertiary/aromatic N) is 3. The number of anilines is 1. The van der Waals surface area contributed by atoms with Gasteiger partial charge in [0, 0.05) is 43.4 Å². The fraction of sp³-hybridized carbons (Fsp3) is 0.286. The van der Waals surface area contributed by atoms with Crippen molar-refractivity contribution in [2.24, 2.45) is 5.92 Å². The Morgan fingerprint density at radius 1 is 0.963 bits per heavy atom. The molecule has 0 radical (unpaired) electrons. The Morgan fingerprint density at radius 2 is 1.81 bits per heavy atom. The van der Waals surface area contributed by atoms with E-state index in [9.17, 15) is 9.59 Å². The Morgan fingerprint density at radius 3 is 2.63 bits per heavy atom. The van der Waals surface area contributed by atoms with Gasteiger partial charge in [-0.2, -0.15) is 0 Å². The second-order valence-corrected chi connectivity index (χ2v) is 7.46. The smallest absolute Gasteiger partial charge is 0.252 e. The molecule has 1 saturated heterocycles. The van der Waals surface area contributed by atoms with Gasteiger partial charge in [-0.15, -0.1) is 0 Å². The third-order valence-corrected chi connectivity index (χ3v) is 5.65. The average molecular weight is 360 g/mol. The molecule has 2 bridgehead atoms. The van der Waals surface area contributed by atoms with Crippen molar-refractivity contribution in [1.82, 2.24) is 14.5 Å². The molecular formula is C21H20N4O2. The SMILES string of the molecule is O=c1cc(N2C[C@@H]3C[C@H](C2)c2cc(-c4ccccc4)cc(=O)n2C3)nc[nH]1. The second kappa shape index (κ2) is 6.23. The lowest BCUT2D eigenvalue weighted by Crippen LogP contribution is -2.47. The Balaban J connectivity index is 1.54. The molecule has 3 aromatic rings. The number of aromatic nitrogens is 3. The first-order valence-corrected chi connectivity index (χ1v) is 9.27. The molecule has 6 nitrogen and oxygen atoms in total. The third-order valence-electron chi connectivity index (χ3n) is 5.65. The highest BCUT2D eigenvalue weighted by molar-refractivity contribution is 5.63. The molecule has 0 saturated carbocycles. The van der Waals surface area contributed by atoms with Gasteiger partial charge in [0.15, 0.2) is 0 Å². The lowest BCUT2D eigenvalue weighted by Gasteiger charge is -2.43. The Labute approximate surface area is 156 Å². The van der Waals surface area contributed by atoms with Crippen LogP contribution in [0.2, 0.25) is 0 Å². The van der Waals surface area contributed by atoms with Crippen LogP contribution in [0.4, 0.5) is 5.82 Å². The first kappa shape index (κ1) is 16.1. The van der Waals surface area contributed by atoms with Crippen molar-refractivity contribution in [2.75, 3.05) is 18.0 Å². The Hall–Kier alpha value is -3.15. The maximum absolute atomic E-state index is 12.8. The predicted octanol–water partition coefficient (Wildman–Crippen LogP) is 2.22. The lowest BCUT2D eigenvalue weighted by atomic mass is 9.82. The van der Waals surface area contributed by atoms with Gasteiger partial charge in [0.2, 0.25) is 0 Å². The third kappa shape index (κ3) is 2.87. The van der Waals surface area contributed by atoms with Gasteiger partial charge in [0.05, 0.1) is 6.33 Å². The summed E-state index contributed by atoms with van der Waals surface area (Å²) in [5.74, 6) is 1.36. The molecule has 0 aliphatic carbocycles. The van der Waals surface area contributed by atoms with Crippen LogP contribution in [-0.2, 0) is 6.54 Å². The lowest BCUT2D eigenvalue weighted by molar-refractivity contribution is 0.280. The van der Waals surface area contributed by atoms with E-state index in [1.807, 2.05) is 34.9 Å². The van der Waals surface area contributed by atoms with Gasteiger partial charge >= 0.3 is 0 Å². The van der Waals surface area contributed by atoms with Crippen LogP contribution in [0.1, 0.15) is 18.0 Å². The van der Waals surface area contributed by atoms with E-state index >= 15 is 0 Å². The number of hydrogen-bond donors (Lipinski definition) is 1. The summed E-state index contributed by atoms with van der Waals surface area (Å²) < 4.78 is 1.94. The quantitative estimate of drug-likeness (QED) is 0.761. The molecule has 2 aromatic heterocycles. The zero-order valence-electron chi connectivity index (χ0n) is 14.8. The summed E-state index contributed by atoms with van der Waals surface area (Å²) in [6.07, 6.45) is 2.52. The van der Waals surface area contributed by atoms with Crippen LogP contribution >= 0.6 is 0 Å². The zero-order valence-corrected chi connectivity index (χ0v) is 14.8. The highest BCUT2D eigenvalue weighted by Crippen LogP contribution is 2.37. The fourth-order valence-corrected chi connectivity index (χ4v) is 4.47. The van der Waals surface area contributed by atoms with Gasteiger partial charge in [-0.25, -0.2) is 4.98 Å². The van der Waals surface area contributed by atoms with E-state index in [-0.39, 0.29) is 17.0 Å². The minimum Gasteiger partial charge on any atom is -0.355 e. The fourth-order valence-electron chi connectivity index (χ4n) is 4.47. The van der Waals surface area contributed by atoms with Gasteiger partial charge in [-0.05, 0) is 29.5 Å². The van der Waals surface area contributed by atoms with Crippen molar-refractivity contribution in [3.8, 4) is 11.1 Å². The van der Waals surface area contributed by atoms with Gasteiger partial charge < -0.3 is 14.5 Å². The number of nitrogens with one attached hydrogen (secondary N) is 1. The molecule has 1 aromatic carbocycles. The molecule has 6 heteroatoms. The first-order valence-electron chi connectivity index (χ1n) is 9.27. The van der Waals surface area contributed by atoms with E-state index in [4.69, 9.17) is 0 Å². The molecule has 27 heavy (non-hydrogen) atoms. The number of piperidine rings is 1. The van der Waals surface area contributed by atoms with Crippen LogP contribution < -0.4 is 16.0 Å². The van der Waals surface area contributed by atoms with Crippen LogP contribution in [0.5, 0.6) is 0 Å². The van der Waals surface area contributed by atoms with Gasteiger partial charge in [0.25, 0.3) is 11.1 Å². The van der Waals surface area contributed by atoms with Crippen molar-refractivity contribution < 1.29 is 0 Å². The van der Waals surface area contributed by atoms with Crippen LogP contribution in [0.25, 0.3) is 11.1 Å². The van der Waals surface area contributed by atoms with Crippen LogP contribution in [0.3, 0.4) is 0 Å². The standard InChI is InChI=1S/C21H20N4O2/c26-20-9-19(22-13-23-20)24-10-14-6-17(12-24)18-7-16(8-21(27)25(18)11-14)15-4-2-1-3-5-15/h1-5,7-9,13-14,17H,6,10-12H2,(H,22,23,26)/t14-,17+/m0/s1. The molecule has 2 atom stereocenters. The van der Waals surface area contributed by atoms with E-state index in [2.05, 4.69) is 20.9 Å². The van der Waals surface area contributed by atoms with Crippen LogP contribution in [-0.4, -0.2) is 27.6 Å². The molecule has 1 N–H and O–H groups in total. The minimum absolute atomic E-state index is 0.0729. The summed E-state index contributed by atoms with van der Waals surface area (Å²) in [5.41, 5.74) is 3.05. The highest BCUT2D eigenvalue weighted by atomic mass is 16.1. The highest BCUT2D eigenvalue weighted by Gasteiger charge is 2.35. The van der Waals surface area contributed by atoms with Crippen molar-refractivity contribution in [3.05, 3.63) is 81.3 Å². The Bertz CT molecular complexity index is 1100. The molecule has 0 amide bonds. The first-order chi connectivity index (χ1) is 13.2. The summed E-state index contributed by atoms with van der Waals surface area (Å²) >= 11 is 0. The maximum atomic E-state index is 12.8. The normalized spacial score (nSPS) is 21.0. The molecule has 2 aliphatic rings. The summed E-state index contributed by atoms with van der Waals surface area (Å²) in [5, 5.41) is 0. The number of pyridine rings is 1. The van der Waals surface area contributed by atoms with E-state index in [1.54, 1.807) is 12.1 Å². The number of benzene rings is 1. The van der Waals surface area contributed by atoms with Crippen LogP contribution in [0.15, 0.2) is 64.4 Å². The molecule has 0 spiro atoms. The molecule has 5 rings (SSSR count). The van der Waals surface area contributed by atoms with E-state index in [1.165, 1.54) is 6.33 Å².